The number of aromatic nitrogens is 2. The van der Waals surface area contributed by atoms with Crippen LogP contribution in [-0.2, 0) is 12.5 Å². The molecule has 108 valence electrons. The number of unbranched alkanes of at least 4 members (excludes halogenated alkanes) is 3. The van der Waals surface area contributed by atoms with Crippen molar-refractivity contribution >= 4 is 0 Å². The van der Waals surface area contributed by atoms with Gasteiger partial charge in [0.2, 0.25) is 0 Å². The van der Waals surface area contributed by atoms with Gasteiger partial charge in [0.15, 0.2) is 0 Å². The molecule has 1 aromatic rings. The first kappa shape index (κ1) is 14.6. The molecule has 1 aromatic heterocycles. The number of hydrogen-bond acceptors (Lipinski definition) is 1. The lowest BCUT2D eigenvalue weighted by Crippen LogP contribution is -2.22. The maximum absolute atomic E-state index is 4.55. The fourth-order valence-corrected chi connectivity index (χ4v) is 3.20. The summed E-state index contributed by atoms with van der Waals surface area (Å²) in [5.74, 6) is 0.795. The fourth-order valence-electron chi connectivity index (χ4n) is 3.20. The van der Waals surface area contributed by atoms with Crippen LogP contribution in [0.1, 0.15) is 89.3 Å². The number of rotatable bonds is 8. The number of aryl methyl sites for hydroxylation is 1. The molecule has 0 spiro atoms. The van der Waals surface area contributed by atoms with Crippen LogP contribution in [0.15, 0.2) is 6.20 Å². The van der Waals surface area contributed by atoms with Crippen molar-refractivity contribution in [1.82, 2.24) is 9.78 Å². The molecule has 19 heavy (non-hydrogen) atoms. The predicted molar refractivity (Wildman–Crippen MR) is 81.6 cm³/mol. The van der Waals surface area contributed by atoms with E-state index >= 15 is 0 Å². The molecule has 0 bridgehead atoms. The lowest BCUT2D eigenvalue weighted by atomic mass is 9.75. The predicted octanol–water partition coefficient (Wildman–Crippen LogP) is 4.94. The first-order valence-electron chi connectivity index (χ1n) is 8.14. The van der Waals surface area contributed by atoms with Crippen LogP contribution in [0.5, 0.6) is 0 Å². The SMILES string of the molecule is CCCCCCC(C)(CC)c1cnn(C)c1C1CC1. The molecule has 0 aliphatic heterocycles. The Labute approximate surface area is 118 Å². The Kier molecular flexibility index (Phi) is 4.70. The summed E-state index contributed by atoms with van der Waals surface area (Å²) in [7, 11) is 2.12. The van der Waals surface area contributed by atoms with Crippen molar-refractivity contribution in [2.24, 2.45) is 7.05 Å². The zero-order valence-corrected chi connectivity index (χ0v) is 13.2. The topological polar surface area (TPSA) is 17.8 Å². The van der Waals surface area contributed by atoms with E-state index in [4.69, 9.17) is 0 Å². The van der Waals surface area contributed by atoms with Crippen LogP contribution >= 0.6 is 0 Å². The summed E-state index contributed by atoms with van der Waals surface area (Å²) in [5, 5.41) is 4.55. The molecule has 2 heteroatoms. The van der Waals surface area contributed by atoms with Crippen molar-refractivity contribution in [3.05, 3.63) is 17.5 Å². The summed E-state index contributed by atoms with van der Waals surface area (Å²) in [6.45, 7) is 7.07. The van der Waals surface area contributed by atoms with Crippen LogP contribution < -0.4 is 0 Å². The summed E-state index contributed by atoms with van der Waals surface area (Å²) in [6.07, 6.45) is 12.9. The number of nitrogens with zero attached hydrogens (tertiary/aromatic N) is 2. The highest BCUT2D eigenvalue weighted by molar-refractivity contribution is 5.32. The molecule has 1 saturated carbocycles. The first-order valence-corrected chi connectivity index (χ1v) is 8.14. The highest BCUT2D eigenvalue weighted by atomic mass is 15.3. The minimum absolute atomic E-state index is 0.333. The lowest BCUT2D eigenvalue weighted by Gasteiger charge is -2.29. The van der Waals surface area contributed by atoms with Crippen LogP contribution in [-0.4, -0.2) is 9.78 Å². The maximum Gasteiger partial charge on any atom is 0.0530 e. The molecule has 0 aromatic carbocycles. The molecule has 1 fully saturated rings. The van der Waals surface area contributed by atoms with E-state index in [1.54, 1.807) is 0 Å². The quantitative estimate of drug-likeness (QED) is 0.607. The Morgan fingerprint density at radius 1 is 1.26 bits per heavy atom. The molecule has 0 radical (unpaired) electrons. The maximum atomic E-state index is 4.55. The summed E-state index contributed by atoms with van der Waals surface area (Å²) >= 11 is 0. The van der Waals surface area contributed by atoms with Gasteiger partial charge in [0.05, 0.1) is 6.20 Å². The summed E-state index contributed by atoms with van der Waals surface area (Å²) in [4.78, 5) is 0. The fraction of sp³-hybridized carbons (Fsp3) is 0.824. The summed E-state index contributed by atoms with van der Waals surface area (Å²) in [5.41, 5.74) is 3.40. The van der Waals surface area contributed by atoms with Gasteiger partial charge in [-0.3, -0.25) is 4.68 Å². The zero-order valence-electron chi connectivity index (χ0n) is 13.2. The Morgan fingerprint density at radius 2 is 2.00 bits per heavy atom. The van der Waals surface area contributed by atoms with Crippen LogP contribution in [0.3, 0.4) is 0 Å². The molecule has 2 rings (SSSR count). The van der Waals surface area contributed by atoms with E-state index < -0.39 is 0 Å². The third kappa shape index (κ3) is 3.21. The molecule has 1 aliphatic rings. The molecular formula is C17H30N2. The minimum Gasteiger partial charge on any atom is -0.272 e. The van der Waals surface area contributed by atoms with E-state index in [9.17, 15) is 0 Å². The van der Waals surface area contributed by atoms with Crippen LogP contribution in [0, 0.1) is 0 Å². The largest absolute Gasteiger partial charge is 0.272 e. The van der Waals surface area contributed by atoms with Gasteiger partial charge in [-0.25, -0.2) is 0 Å². The van der Waals surface area contributed by atoms with Gasteiger partial charge in [-0.15, -0.1) is 0 Å². The van der Waals surface area contributed by atoms with E-state index in [2.05, 4.69) is 43.8 Å². The van der Waals surface area contributed by atoms with E-state index in [0.717, 1.165) is 5.92 Å². The van der Waals surface area contributed by atoms with Crippen molar-refractivity contribution in [1.29, 1.82) is 0 Å². The zero-order chi connectivity index (χ0) is 13.9. The minimum atomic E-state index is 0.333. The van der Waals surface area contributed by atoms with Crippen molar-refractivity contribution in [2.45, 2.75) is 83.5 Å². The monoisotopic (exact) mass is 262 g/mol. The van der Waals surface area contributed by atoms with Crippen molar-refractivity contribution < 1.29 is 0 Å². The van der Waals surface area contributed by atoms with Gasteiger partial charge < -0.3 is 0 Å². The Morgan fingerprint density at radius 3 is 2.58 bits per heavy atom. The van der Waals surface area contributed by atoms with Gasteiger partial charge in [0.1, 0.15) is 0 Å². The second-order valence-electron chi connectivity index (χ2n) is 6.57. The highest BCUT2D eigenvalue weighted by Crippen LogP contribution is 2.46. The molecular weight excluding hydrogens is 232 g/mol. The van der Waals surface area contributed by atoms with E-state index in [1.807, 2.05) is 0 Å². The third-order valence-electron chi connectivity index (χ3n) is 4.96. The average Bonchev–Trinajstić information content (AvgIpc) is 3.17. The Hall–Kier alpha value is -0.790. The van der Waals surface area contributed by atoms with Crippen LogP contribution in [0.2, 0.25) is 0 Å². The van der Waals surface area contributed by atoms with Gasteiger partial charge in [0.25, 0.3) is 0 Å². The van der Waals surface area contributed by atoms with E-state index in [0.29, 0.717) is 5.41 Å². The highest BCUT2D eigenvalue weighted by Gasteiger charge is 2.35. The van der Waals surface area contributed by atoms with Crippen LogP contribution in [0.25, 0.3) is 0 Å². The Balaban J connectivity index is 2.11. The second kappa shape index (κ2) is 6.11. The number of hydrogen-bond donors (Lipinski definition) is 0. The Bertz CT molecular complexity index is 403. The first-order chi connectivity index (χ1) is 9.12. The molecule has 1 atom stereocenters. The second-order valence-corrected chi connectivity index (χ2v) is 6.57. The average molecular weight is 262 g/mol. The normalized spacial score (nSPS) is 18.5. The third-order valence-corrected chi connectivity index (χ3v) is 4.96. The summed E-state index contributed by atoms with van der Waals surface area (Å²) in [6, 6.07) is 0. The van der Waals surface area contributed by atoms with E-state index in [-0.39, 0.29) is 0 Å². The molecule has 1 heterocycles. The van der Waals surface area contributed by atoms with Gasteiger partial charge >= 0.3 is 0 Å². The van der Waals surface area contributed by atoms with Gasteiger partial charge in [-0.05, 0) is 36.7 Å². The van der Waals surface area contributed by atoms with Crippen molar-refractivity contribution in [3.8, 4) is 0 Å². The van der Waals surface area contributed by atoms with Gasteiger partial charge in [0, 0.05) is 18.7 Å². The lowest BCUT2D eigenvalue weighted by molar-refractivity contribution is 0.392. The van der Waals surface area contributed by atoms with Gasteiger partial charge in [-0.1, -0.05) is 46.5 Å². The molecule has 0 saturated heterocycles. The van der Waals surface area contributed by atoms with Crippen LogP contribution in [0.4, 0.5) is 0 Å². The molecule has 2 nitrogen and oxygen atoms in total. The molecule has 0 N–H and O–H groups in total. The van der Waals surface area contributed by atoms with Crippen molar-refractivity contribution in [3.63, 3.8) is 0 Å². The summed E-state index contributed by atoms with van der Waals surface area (Å²) < 4.78 is 2.13. The van der Waals surface area contributed by atoms with Gasteiger partial charge in [-0.2, -0.15) is 5.10 Å². The molecule has 1 unspecified atom stereocenters. The smallest absolute Gasteiger partial charge is 0.0530 e. The molecule has 0 amide bonds. The van der Waals surface area contributed by atoms with Crippen molar-refractivity contribution in [2.75, 3.05) is 0 Å². The van der Waals surface area contributed by atoms with E-state index in [1.165, 1.54) is 62.6 Å². The molecule has 1 aliphatic carbocycles. The standard InChI is InChI=1S/C17H30N2/c1-5-7-8-9-12-17(3,6-2)15-13-18-19(4)16(15)14-10-11-14/h13-14H,5-12H2,1-4H3.